The first-order valence-corrected chi connectivity index (χ1v) is 6.03. The van der Waals surface area contributed by atoms with E-state index >= 15 is 0 Å². The molecule has 1 N–H and O–H groups in total. The van der Waals surface area contributed by atoms with Gasteiger partial charge >= 0.3 is 0 Å². The van der Waals surface area contributed by atoms with Crippen molar-refractivity contribution in [3.63, 3.8) is 0 Å². The molecule has 0 aromatic heterocycles. The van der Waals surface area contributed by atoms with E-state index in [-0.39, 0.29) is 5.91 Å². The van der Waals surface area contributed by atoms with Crippen LogP contribution < -0.4 is 5.32 Å². The fourth-order valence-electron chi connectivity index (χ4n) is 2.39. The summed E-state index contributed by atoms with van der Waals surface area (Å²) in [6.07, 6.45) is 5.08. The Morgan fingerprint density at radius 1 is 1.25 bits per heavy atom. The van der Waals surface area contributed by atoms with Gasteiger partial charge in [-0.25, -0.2) is 0 Å². The molecule has 0 unspecified atom stereocenters. The topological polar surface area (TPSA) is 29.1 Å². The van der Waals surface area contributed by atoms with Crippen molar-refractivity contribution in [3.8, 4) is 0 Å². The first-order valence-electron chi connectivity index (χ1n) is 6.03. The third-order valence-corrected chi connectivity index (χ3v) is 3.52. The predicted molar refractivity (Wildman–Crippen MR) is 65.4 cm³/mol. The summed E-state index contributed by atoms with van der Waals surface area (Å²) in [6, 6.07) is 9.42. The van der Waals surface area contributed by atoms with Gasteiger partial charge in [-0.2, -0.15) is 0 Å². The zero-order valence-corrected chi connectivity index (χ0v) is 9.83. The summed E-state index contributed by atoms with van der Waals surface area (Å²) in [5, 5.41) is 3.04. The Balaban J connectivity index is 1.89. The molecule has 1 saturated carbocycles. The van der Waals surface area contributed by atoms with E-state index in [1.807, 2.05) is 30.3 Å². The van der Waals surface area contributed by atoms with Gasteiger partial charge in [0.2, 0.25) is 0 Å². The molecule has 86 valence electrons. The molecule has 0 spiro atoms. The normalized spacial score (nSPS) is 18.3. The fraction of sp³-hybridized carbons (Fsp3) is 0.500. The summed E-state index contributed by atoms with van der Waals surface area (Å²) in [6.45, 7) is 3.08. The van der Waals surface area contributed by atoms with Crippen molar-refractivity contribution in [2.24, 2.45) is 5.41 Å². The standard InChI is InChI=1S/C14H19NO/c1-14(9-5-6-10-14)11-15-13(16)12-7-3-2-4-8-12/h2-4,7-8H,5-6,9-11H2,1H3,(H,15,16). The Hall–Kier alpha value is -1.31. The van der Waals surface area contributed by atoms with Gasteiger partial charge in [-0.05, 0) is 30.4 Å². The minimum absolute atomic E-state index is 0.0497. The highest BCUT2D eigenvalue weighted by atomic mass is 16.1. The van der Waals surface area contributed by atoms with Crippen LogP contribution >= 0.6 is 0 Å². The molecule has 1 aliphatic carbocycles. The number of carbonyl (C=O) groups excluding carboxylic acids is 1. The first kappa shape index (κ1) is 11.2. The zero-order chi connectivity index (χ0) is 11.4. The van der Waals surface area contributed by atoms with Crippen LogP contribution in [0.4, 0.5) is 0 Å². The van der Waals surface area contributed by atoms with Crippen LogP contribution in [0.25, 0.3) is 0 Å². The van der Waals surface area contributed by atoms with Gasteiger partial charge in [-0.15, -0.1) is 0 Å². The van der Waals surface area contributed by atoms with E-state index < -0.39 is 0 Å². The van der Waals surface area contributed by atoms with Gasteiger partial charge < -0.3 is 5.32 Å². The zero-order valence-electron chi connectivity index (χ0n) is 9.83. The van der Waals surface area contributed by atoms with Gasteiger partial charge in [0.15, 0.2) is 0 Å². The highest BCUT2D eigenvalue weighted by Crippen LogP contribution is 2.36. The van der Waals surface area contributed by atoms with Crippen molar-refractivity contribution in [2.75, 3.05) is 6.54 Å². The Kier molecular flexibility index (Phi) is 3.28. The molecule has 2 heteroatoms. The van der Waals surface area contributed by atoms with Crippen molar-refractivity contribution in [1.82, 2.24) is 5.32 Å². The van der Waals surface area contributed by atoms with Gasteiger partial charge in [0.05, 0.1) is 0 Å². The molecule has 0 atom stereocenters. The van der Waals surface area contributed by atoms with Crippen LogP contribution in [0.1, 0.15) is 43.0 Å². The van der Waals surface area contributed by atoms with E-state index in [2.05, 4.69) is 12.2 Å². The largest absolute Gasteiger partial charge is 0.351 e. The third-order valence-electron chi connectivity index (χ3n) is 3.52. The average molecular weight is 217 g/mol. The maximum absolute atomic E-state index is 11.8. The van der Waals surface area contributed by atoms with Crippen molar-refractivity contribution < 1.29 is 4.79 Å². The SMILES string of the molecule is CC1(CNC(=O)c2ccccc2)CCCC1. The number of hydrogen-bond acceptors (Lipinski definition) is 1. The molecule has 1 amide bonds. The number of rotatable bonds is 3. The summed E-state index contributed by atoms with van der Waals surface area (Å²) in [4.78, 5) is 11.8. The van der Waals surface area contributed by atoms with Gasteiger partial charge in [-0.3, -0.25) is 4.79 Å². The number of amides is 1. The molecule has 0 aliphatic heterocycles. The Bertz CT molecular complexity index is 352. The molecule has 1 aliphatic rings. The molecule has 1 aromatic rings. The van der Waals surface area contributed by atoms with E-state index in [1.165, 1.54) is 25.7 Å². The summed E-state index contributed by atoms with van der Waals surface area (Å²) in [5.41, 5.74) is 1.08. The lowest BCUT2D eigenvalue weighted by Crippen LogP contribution is -2.34. The fourth-order valence-corrected chi connectivity index (χ4v) is 2.39. The second-order valence-corrected chi connectivity index (χ2v) is 5.07. The maximum Gasteiger partial charge on any atom is 0.251 e. The van der Waals surface area contributed by atoms with Crippen LogP contribution in [0, 0.1) is 5.41 Å². The molecule has 0 heterocycles. The molecule has 2 rings (SSSR count). The van der Waals surface area contributed by atoms with Crippen molar-refractivity contribution in [2.45, 2.75) is 32.6 Å². The van der Waals surface area contributed by atoms with E-state index in [4.69, 9.17) is 0 Å². The summed E-state index contributed by atoms with van der Waals surface area (Å²) in [5.74, 6) is 0.0497. The van der Waals surface area contributed by atoms with Crippen molar-refractivity contribution >= 4 is 5.91 Å². The summed E-state index contributed by atoms with van der Waals surface area (Å²) in [7, 11) is 0. The summed E-state index contributed by atoms with van der Waals surface area (Å²) < 4.78 is 0. The van der Waals surface area contributed by atoms with E-state index in [9.17, 15) is 4.79 Å². The Morgan fingerprint density at radius 2 is 1.88 bits per heavy atom. The maximum atomic E-state index is 11.8. The third kappa shape index (κ3) is 2.63. The molecular formula is C14H19NO. The van der Waals surface area contributed by atoms with Gasteiger partial charge in [0.1, 0.15) is 0 Å². The van der Waals surface area contributed by atoms with Crippen LogP contribution in [-0.2, 0) is 0 Å². The predicted octanol–water partition coefficient (Wildman–Crippen LogP) is 3.00. The molecule has 0 radical (unpaired) electrons. The molecule has 0 saturated heterocycles. The van der Waals surface area contributed by atoms with Gasteiger partial charge in [0.25, 0.3) is 5.91 Å². The second-order valence-electron chi connectivity index (χ2n) is 5.07. The van der Waals surface area contributed by atoms with Gasteiger partial charge in [-0.1, -0.05) is 38.0 Å². The second kappa shape index (κ2) is 4.69. The quantitative estimate of drug-likeness (QED) is 0.828. The highest BCUT2D eigenvalue weighted by Gasteiger charge is 2.28. The molecule has 2 nitrogen and oxygen atoms in total. The van der Waals surface area contributed by atoms with Gasteiger partial charge in [0, 0.05) is 12.1 Å². The van der Waals surface area contributed by atoms with Crippen LogP contribution in [0.15, 0.2) is 30.3 Å². The van der Waals surface area contributed by atoms with Crippen LogP contribution in [-0.4, -0.2) is 12.5 Å². The van der Waals surface area contributed by atoms with Crippen molar-refractivity contribution in [1.29, 1.82) is 0 Å². The number of benzene rings is 1. The molecule has 0 bridgehead atoms. The van der Waals surface area contributed by atoms with E-state index in [1.54, 1.807) is 0 Å². The summed E-state index contributed by atoms with van der Waals surface area (Å²) >= 11 is 0. The Labute approximate surface area is 97.1 Å². The molecule has 1 fully saturated rings. The number of hydrogen-bond donors (Lipinski definition) is 1. The van der Waals surface area contributed by atoms with E-state index in [0.29, 0.717) is 5.41 Å². The molecule has 16 heavy (non-hydrogen) atoms. The van der Waals surface area contributed by atoms with E-state index in [0.717, 1.165) is 12.1 Å². The lowest BCUT2D eigenvalue weighted by molar-refractivity contribution is 0.0934. The monoisotopic (exact) mass is 217 g/mol. The minimum Gasteiger partial charge on any atom is -0.351 e. The minimum atomic E-state index is 0.0497. The smallest absolute Gasteiger partial charge is 0.251 e. The van der Waals surface area contributed by atoms with Crippen LogP contribution in [0.5, 0.6) is 0 Å². The van der Waals surface area contributed by atoms with Crippen LogP contribution in [0.3, 0.4) is 0 Å². The molecular weight excluding hydrogens is 198 g/mol. The first-order chi connectivity index (χ1) is 7.70. The number of nitrogens with one attached hydrogen (secondary N) is 1. The molecule has 1 aromatic carbocycles. The lowest BCUT2D eigenvalue weighted by Gasteiger charge is -2.23. The highest BCUT2D eigenvalue weighted by molar-refractivity contribution is 5.94. The van der Waals surface area contributed by atoms with Crippen LogP contribution in [0.2, 0.25) is 0 Å². The average Bonchev–Trinajstić information content (AvgIpc) is 2.75. The lowest BCUT2D eigenvalue weighted by atomic mass is 9.89. The Morgan fingerprint density at radius 3 is 2.50 bits per heavy atom. The number of carbonyl (C=O) groups is 1. The van der Waals surface area contributed by atoms with Crippen molar-refractivity contribution in [3.05, 3.63) is 35.9 Å².